The molecule has 0 heterocycles. The molecule has 0 aromatic heterocycles. The minimum atomic E-state index is 0.0701. The third-order valence-corrected chi connectivity index (χ3v) is 5.18. The van der Waals surface area contributed by atoms with Gasteiger partial charge in [-0.15, -0.1) is 0 Å². The van der Waals surface area contributed by atoms with Gasteiger partial charge in [-0.05, 0) is 45.1 Å². The van der Waals surface area contributed by atoms with Gasteiger partial charge in [-0.2, -0.15) is 0 Å². The lowest BCUT2D eigenvalue weighted by Gasteiger charge is -2.43. The van der Waals surface area contributed by atoms with Gasteiger partial charge < -0.3 is 19.7 Å². The number of rotatable bonds is 8. The summed E-state index contributed by atoms with van der Waals surface area (Å²) in [6, 6.07) is 5.30. The second-order valence-corrected chi connectivity index (χ2v) is 6.78. The first-order valence-electron chi connectivity index (χ1n) is 8.66. The molecule has 0 aliphatic heterocycles. The number of hydrogen-bond donors (Lipinski definition) is 1. The van der Waals surface area contributed by atoms with Crippen molar-refractivity contribution in [3.63, 3.8) is 0 Å². The standard InChI is InChI=1S/C19H30N2O3/c1-21(2)19(10-6-5-7-11-19)14-20-13-16(22)15-8-9-17(23-3)18(12-15)24-4/h8-9,12,20H,5-7,10-11,13-14H2,1-4H3. The fourth-order valence-corrected chi connectivity index (χ4v) is 3.51. The lowest BCUT2D eigenvalue weighted by molar-refractivity contribution is 0.0905. The Morgan fingerprint density at radius 1 is 1.12 bits per heavy atom. The van der Waals surface area contributed by atoms with Crippen LogP contribution in [0.4, 0.5) is 0 Å². The van der Waals surface area contributed by atoms with Crippen LogP contribution in [0, 0.1) is 0 Å². The number of methoxy groups -OCH3 is 2. The topological polar surface area (TPSA) is 50.8 Å². The number of benzene rings is 1. The van der Waals surface area contributed by atoms with Gasteiger partial charge in [-0.25, -0.2) is 0 Å². The molecule has 2 rings (SSSR count). The van der Waals surface area contributed by atoms with Crippen LogP contribution in [-0.2, 0) is 0 Å². The minimum absolute atomic E-state index is 0.0701. The highest BCUT2D eigenvalue weighted by atomic mass is 16.5. The van der Waals surface area contributed by atoms with Crippen molar-refractivity contribution in [2.24, 2.45) is 0 Å². The molecule has 1 aliphatic carbocycles. The number of likely N-dealkylation sites (N-methyl/N-ethyl adjacent to an activating group) is 1. The Labute approximate surface area is 145 Å². The summed E-state index contributed by atoms with van der Waals surface area (Å²) < 4.78 is 10.5. The zero-order valence-corrected chi connectivity index (χ0v) is 15.4. The predicted molar refractivity (Wildman–Crippen MR) is 96.2 cm³/mol. The Bertz CT molecular complexity index is 552. The van der Waals surface area contributed by atoms with E-state index in [1.54, 1.807) is 32.4 Å². The molecule has 0 unspecified atom stereocenters. The number of carbonyl (C=O) groups is 1. The summed E-state index contributed by atoms with van der Waals surface area (Å²) in [5.74, 6) is 1.29. The molecule has 1 fully saturated rings. The van der Waals surface area contributed by atoms with E-state index in [4.69, 9.17) is 9.47 Å². The van der Waals surface area contributed by atoms with E-state index >= 15 is 0 Å². The molecular formula is C19H30N2O3. The molecule has 1 N–H and O–H groups in total. The van der Waals surface area contributed by atoms with Crippen molar-refractivity contribution in [3.8, 4) is 11.5 Å². The second kappa shape index (κ2) is 8.49. The normalized spacial score (nSPS) is 16.9. The van der Waals surface area contributed by atoms with Gasteiger partial charge in [0.25, 0.3) is 0 Å². The van der Waals surface area contributed by atoms with Crippen LogP contribution in [0.2, 0.25) is 0 Å². The van der Waals surface area contributed by atoms with E-state index in [0.717, 1.165) is 6.54 Å². The van der Waals surface area contributed by atoms with Gasteiger partial charge in [0, 0.05) is 17.6 Å². The van der Waals surface area contributed by atoms with Crippen LogP contribution < -0.4 is 14.8 Å². The van der Waals surface area contributed by atoms with Crippen molar-refractivity contribution < 1.29 is 14.3 Å². The average molecular weight is 334 g/mol. The van der Waals surface area contributed by atoms with Crippen molar-refractivity contribution in [2.45, 2.75) is 37.6 Å². The SMILES string of the molecule is COc1ccc(C(=O)CNCC2(N(C)C)CCCCC2)cc1OC. The molecule has 1 aliphatic rings. The van der Waals surface area contributed by atoms with Crippen LogP contribution >= 0.6 is 0 Å². The van der Waals surface area contributed by atoms with Crippen LogP contribution in [-0.4, -0.2) is 57.6 Å². The minimum Gasteiger partial charge on any atom is -0.493 e. The number of carbonyl (C=O) groups excluding carboxylic acids is 1. The fourth-order valence-electron chi connectivity index (χ4n) is 3.51. The zero-order valence-electron chi connectivity index (χ0n) is 15.4. The van der Waals surface area contributed by atoms with Gasteiger partial charge in [0.2, 0.25) is 0 Å². The number of Topliss-reactive ketones (excluding diaryl/α,β-unsaturated/α-hetero) is 1. The lowest BCUT2D eigenvalue weighted by atomic mass is 9.80. The van der Waals surface area contributed by atoms with Crippen LogP contribution in [0.25, 0.3) is 0 Å². The third-order valence-electron chi connectivity index (χ3n) is 5.18. The quantitative estimate of drug-likeness (QED) is 0.741. The first-order valence-corrected chi connectivity index (χ1v) is 8.66. The van der Waals surface area contributed by atoms with E-state index in [1.807, 2.05) is 0 Å². The van der Waals surface area contributed by atoms with Crippen molar-refractivity contribution in [1.82, 2.24) is 10.2 Å². The predicted octanol–water partition coefficient (Wildman–Crippen LogP) is 2.74. The van der Waals surface area contributed by atoms with E-state index in [9.17, 15) is 4.79 Å². The molecule has 134 valence electrons. The number of nitrogens with one attached hydrogen (secondary N) is 1. The molecule has 0 spiro atoms. The smallest absolute Gasteiger partial charge is 0.176 e. The summed E-state index contributed by atoms with van der Waals surface area (Å²) in [6.45, 7) is 1.18. The Kier molecular flexibility index (Phi) is 6.63. The summed E-state index contributed by atoms with van der Waals surface area (Å²) in [5, 5.41) is 3.38. The van der Waals surface area contributed by atoms with Gasteiger partial charge in [0.15, 0.2) is 17.3 Å². The molecule has 0 saturated heterocycles. The van der Waals surface area contributed by atoms with E-state index in [2.05, 4.69) is 24.3 Å². The van der Waals surface area contributed by atoms with Crippen LogP contribution in [0.5, 0.6) is 11.5 Å². The monoisotopic (exact) mass is 334 g/mol. The van der Waals surface area contributed by atoms with Crippen molar-refractivity contribution in [2.75, 3.05) is 41.4 Å². The Morgan fingerprint density at radius 2 is 1.79 bits per heavy atom. The summed E-state index contributed by atoms with van der Waals surface area (Å²) in [4.78, 5) is 14.8. The Balaban J connectivity index is 1.95. The fraction of sp³-hybridized carbons (Fsp3) is 0.632. The second-order valence-electron chi connectivity index (χ2n) is 6.78. The van der Waals surface area contributed by atoms with Crippen LogP contribution in [0.1, 0.15) is 42.5 Å². The molecule has 0 amide bonds. The molecule has 24 heavy (non-hydrogen) atoms. The molecule has 5 nitrogen and oxygen atoms in total. The van der Waals surface area contributed by atoms with Crippen molar-refractivity contribution in [1.29, 1.82) is 0 Å². The van der Waals surface area contributed by atoms with Crippen molar-refractivity contribution in [3.05, 3.63) is 23.8 Å². The summed E-state index contributed by atoms with van der Waals surface area (Å²) in [5.41, 5.74) is 0.818. The summed E-state index contributed by atoms with van der Waals surface area (Å²) >= 11 is 0. The first kappa shape index (κ1) is 18.7. The molecule has 0 atom stereocenters. The largest absolute Gasteiger partial charge is 0.493 e. The van der Waals surface area contributed by atoms with E-state index in [0.29, 0.717) is 23.6 Å². The molecule has 0 radical (unpaired) electrons. The average Bonchev–Trinajstić information content (AvgIpc) is 2.61. The van der Waals surface area contributed by atoms with Crippen LogP contribution in [0.3, 0.4) is 0 Å². The van der Waals surface area contributed by atoms with Gasteiger partial charge in [0.1, 0.15) is 0 Å². The molecule has 1 aromatic carbocycles. The van der Waals surface area contributed by atoms with Gasteiger partial charge >= 0.3 is 0 Å². The Hall–Kier alpha value is -1.59. The van der Waals surface area contributed by atoms with Crippen LogP contribution in [0.15, 0.2) is 18.2 Å². The maximum Gasteiger partial charge on any atom is 0.176 e. The maximum absolute atomic E-state index is 12.5. The summed E-state index contributed by atoms with van der Waals surface area (Å²) in [6.07, 6.45) is 6.24. The van der Waals surface area contributed by atoms with E-state index in [-0.39, 0.29) is 11.3 Å². The van der Waals surface area contributed by atoms with Gasteiger partial charge in [0.05, 0.1) is 20.8 Å². The molecule has 5 heteroatoms. The van der Waals surface area contributed by atoms with Gasteiger partial charge in [-0.1, -0.05) is 19.3 Å². The van der Waals surface area contributed by atoms with E-state index < -0.39 is 0 Å². The third kappa shape index (κ3) is 4.28. The van der Waals surface area contributed by atoms with E-state index in [1.165, 1.54) is 32.1 Å². The lowest BCUT2D eigenvalue weighted by Crippen LogP contribution is -2.53. The molecule has 1 saturated carbocycles. The molecular weight excluding hydrogens is 304 g/mol. The number of nitrogens with zero attached hydrogens (tertiary/aromatic N) is 1. The number of ketones is 1. The zero-order chi connectivity index (χ0) is 17.6. The molecule has 1 aromatic rings. The van der Waals surface area contributed by atoms with Crippen molar-refractivity contribution >= 4 is 5.78 Å². The highest BCUT2D eigenvalue weighted by molar-refractivity contribution is 5.98. The summed E-state index contributed by atoms with van der Waals surface area (Å²) in [7, 11) is 7.45. The number of hydrogen-bond acceptors (Lipinski definition) is 5. The number of ether oxygens (including phenoxy) is 2. The Morgan fingerprint density at radius 3 is 2.38 bits per heavy atom. The van der Waals surface area contributed by atoms with Gasteiger partial charge in [-0.3, -0.25) is 4.79 Å². The highest BCUT2D eigenvalue weighted by Gasteiger charge is 2.33. The molecule has 0 bridgehead atoms. The highest BCUT2D eigenvalue weighted by Crippen LogP contribution is 2.31. The first-order chi connectivity index (χ1) is 11.5. The maximum atomic E-state index is 12.5.